The van der Waals surface area contributed by atoms with Crippen LogP contribution in [0.15, 0.2) is 24.5 Å². The van der Waals surface area contributed by atoms with Gasteiger partial charge in [-0.05, 0) is 70.1 Å². The second kappa shape index (κ2) is 9.18. The van der Waals surface area contributed by atoms with Crippen LogP contribution in [0.1, 0.15) is 73.7 Å². The summed E-state index contributed by atoms with van der Waals surface area (Å²) in [5.41, 5.74) is 5.53. The number of halogens is 2. The summed E-state index contributed by atoms with van der Waals surface area (Å²) in [5.74, 6) is 0.0284. The van der Waals surface area contributed by atoms with Crippen molar-refractivity contribution in [2.24, 2.45) is 5.92 Å². The van der Waals surface area contributed by atoms with Gasteiger partial charge in [0, 0.05) is 35.3 Å². The van der Waals surface area contributed by atoms with Crippen molar-refractivity contribution in [1.82, 2.24) is 24.7 Å². The molecule has 1 saturated heterocycles. The number of morpholine rings is 1. The van der Waals surface area contributed by atoms with Crippen LogP contribution in [0, 0.1) is 19.8 Å². The van der Waals surface area contributed by atoms with Crippen LogP contribution in [0.25, 0.3) is 16.6 Å². The van der Waals surface area contributed by atoms with Crippen molar-refractivity contribution >= 4 is 22.6 Å². The van der Waals surface area contributed by atoms with Crippen molar-refractivity contribution in [3.63, 3.8) is 0 Å². The van der Waals surface area contributed by atoms with Gasteiger partial charge in [0.2, 0.25) is 12.4 Å². The Kier molecular flexibility index (Phi) is 5.98. The van der Waals surface area contributed by atoms with E-state index >= 15 is 0 Å². The molecule has 36 heavy (non-hydrogen) atoms. The molecule has 0 aromatic carbocycles. The number of pyridine rings is 1. The van der Waals surface area contributed by atoms with E-state index < -0.39 is 12.3 Å². The van der Waals surface area contributed by atoms with Gasteiger partial charge in [-0.3, -0.25) is 4.68 Å². The molecule has 3 aromatic heterocycles. The fourth-order valence-corrected chi connectivity index (χ4v) is 5.27. The number of ether oxygens (including phenoxy) is 1. The zero-order chi connectivity index (χ0) is 25.0. The zero-order valence-electron chi connectivity index (χ0n) is 21.0. The molecule has 0 radical (unpaired) electrons. The lowest BCUT2D eigenvalue weighted by Crippen LogP contribution is -2.43. The highest BCUT2D eigenvalue weighted by atomic mass is 19.3. The van der Waals surface area contributed by atoms with Gasteiger partial charge in [-0.2, -0.15) is 10.1 Å². The average Bonchev–Trinajstić information content (AvgIpc) is 3.60. The maximum Gasteiger partial charge on any atom is 0.241 e. The molecule has 3 aromatic rings. The van der Waals surface area contributed by atoms with E-state index in [0.29, 0.717) is 50.0 Å². The van der Waals surface area contributed by atoms with Crippen LogP contribution in [0.5, 0.6) is 0 Å². The average molecular weight is 495 g/mol. The van der Waals surface area contributed by atoms with Crippen molar-refractivity contribution in [3.8, 4) is 0 Å². The normalized spacial score (nSPS) is 25.0. The highest BCUT2D eigenvalue weighted by Crippen LogP contribution is 2.38. The first-order valence-electron chi connectivity index (χ1n) is 12.9. The number of alkyl halides is 2. The topological polar surface area (TPSA) is 69.0 Å². The second-order valence-electron chi connectivity index (χ2n) is 10.6. The van der Waals surface area contributed by atoms with E-state index in [2.05, 4.69) is 29.2 Å². The van der Waals surface area contributed by atoms with Crippen molar-refractivity contribution in [1.29, 1.82) is 0 Å². The Balaban J connectivity index is 1.37. The van der Waals surface area contributed by atoms with Gasteiger partial charge >= 0.3 is 0 Å². The molecule has 1 aliphatic heterocycles. The van der Waals surface area contributed by atoms with E-state index in [9.17, 15) is 8.78 Å². The van der Waals surface area contributed by atoms with Gasteiger partial charge < -0.3 is 9.64 Å². The van der Waals surface area contributed by atoms with E-state index in [-0.39, 0.29) is 12.2 Å². The largest absolute Gasteiger partial charge is 0.367 e. The molecule has 0 N–H and O–H groups in total. The number of aromatic nitrogens is 5. The number of nitrogens with zero attached hydrogens (tertiary/aromatic N) is 6. The highest BCUT2D eigenvalue weighted by Gasteiger charge is 2.32. The maximum absolute atomic E-state index is 13.3. The van der Waals surface area contributed by atoms with Gasteiger partial charge in [-0.15, -0.1) is 0 Å². The van der Waals surface area contributed by atoms with Crippen LogP contribution in [0.3, 0.4) is 0 Å². The molecule has 4 heterocycles. The lowest BCUT2D eigenvalue weighted by Gasteiger charge is -2.36. The summed E-state index contributed by atoms with van der Waals surface area (Å²) < 4.78 is 34.9. The van der Waals surface area contributed by atoms with Crippen LogP contribution >= 0.6 is 0 Å². The number of aryl methyl sites for hydroxylation is 2. The molecule has 6 rings (SSSR count). The summed E-state index contributed by atoms with van der Waals surface area (Å²) in [5, 5.41) is 5.43. The Morgan fingerprint density at radius 3 is 2.64 bits per heavy atom. The molecule has 9 heteroatoms. The minimum absolute atomic E-state index is 0.0100. The first kappa shape index (κ1) is 23.5. The van der Waals surface area contributed by atoms with Crippen LogP contribution in [-0.2, 0) is 4.74 Å². The summed E-state index contributed by atoms with van der Waals surface area (Å²) in [4.78, 5) is 16.9. The molecule has 3 unspecified atom stereocenters. The predicted molar refractivity (Wildman–Crippen MR) is 134 cm³/mol. The standard InChI is InChI=1S/C27H32F2N6O/c1-15-10-22-24(18-4-6-19(7-5-18)25(28)29)32-27(33-26(22)31-17(15)3)34-12-16(2)36-23(14-34)20-11-30-35(13-20)21-8-9-21/h4,10-11,13,16,19,21,23,25H,5-9,12,14H2,1-3H3. The lowest BCUT2D eigenvalue weighted by atomic mass is 9.87. The van der Waals surface area contributed by atoms with Crippen LogP contribution in [0.2, 0.25) is 0 Å². The first-order chi connectivity index (χ1) is 17.4. The quantitative estimate of drug-likeness (QED) is 0.461. The Labute approximate surface area is 209 Å². The van der Waals surface area contributed by atoms with Gasteiger partial charge in [0.15, 0.2) is 5.65 Å². The summed E-state index contributed by atoms with van der Waals surface area (Å²) in [6, 6.07) is 2.60. The molecule has 2 aliphatic carbocycles. The maximum atomic E-state index is 13.3. The van der Waals surface area contributed by atoms with E-state index in [1.54, 1.807) is 0 Å². The third-order valence-corrected chi connectivity index (χ3v) is 7.69. The third-order valence-electron chi connectivity index (χ3n) is 7.69. The summed E-state index contributed by atoms with van der Waals surface area (Å²) >= 11 is 0. The van der Waals surface area contributed by atoms with Gasteiger partial charge in [-0.1, -0.05) is 6.08 Å². The molecular weight excluding hydrogens is 462 g/mol. The first-order valence-corrected chi connectivity index (χ1v) is 12.9. The fourth-order valence-electron chi connectivity index (χ4n) is 5.27. The van der Waals surface area contributed by atoms with E-state index in [1.165, 1.54) is 12.8 Å². The minimum atomic E-state index is -2.29. The molecule has 0 bridgehead atoms. The van der Waals surface area contributed by atoms with Gasteiger partial charge in [-0.25, -0.2) is 18.7 Å². The molecule has 1 saturated carbocycles. The monoisotopic (exact) mass is 494 g/mol. The zero-order valence-corrected chi connectivity index (χ0v) is 21.0. The Hall–Kier alpha value is -2.94. The van der Waals surface area contributed by atoms with E-state index in [1.807, 2.05) is 30.8 Å². The van der Waals surface area contributed by atoms with Crippen molar-refractivity contribution < 1.29 is 13.5 Å². The minimum Gasteiger partial charge on any atom is -0.367 e. The number of anilines is 1. The Bertz CT molecular complexity index is 1320. The number of hydrogen-bond acceptors (Lipinski definition) is 6. The lowest BCUT2D eigenvalue weighted by molar-refractivity contribution is -0.0178. The van der Waals surface area contributed by atoms with Crippen molar-refractivity contribution in [2.75, 3.05) is 18.0 Å². The predicted octanol–water partition coefficient (Wildman–Crippen LogP) is 5.59. The number of rotatable bonds is 5. The van der Waals surface area contributed by atoms with E-state index in [4.69, 9.17) is 19.7 Å². The van der Waals surface area contributed by atoms with Gasteiger partial charge in [0.1, 0.15) is 6.10 Å². The molecule has 7 nitrogen and oxygen atoms in total. The fraction of sp³-hybridized carbons (Fsp3) is 0.556. The molecule has 190 valence electrons. The Morgan fingerprint density at radius 1 is 1.08 bits per heavy atom. The summed E-state index contributed by atoms with van der Waals surface area (Å²) in [6.45, 7) is 7.34. The SMILES string of the molecule is Cc1cc2c(C3=CCC(C(F)F)CC3)nc(N3CC(C)OC(c4cnn(C5CC5)c4)C3)nc2nc1C. The number of allylic oxidation sites excluding steroid dienone is 2. The second-order valence-corrected chi connectivity index (χ2v) is 10.6. The van der Waals surface area contributed by atoms with Gasteiger partial charge in [0.05, 0.1) is 30.6 Å². The number of fused-ring (bicyclic) bond motifs is 1. The molecule has 0 spiro atoms. The Morgan fingerprint density at radius 2 is 1.92 bits per heavy atom. The van der Waals surface area contributed by atoms with Crippen LogP contribution < -0.4 is 4.90 Å². The van der Waals surface area contributed by atoms with Crippen LogP contribution in [-0.4, -0.2) is 50.4 Å². The van der Waals surface area contributed by atoms with Gasteiger partial charge in [0.25, 0.3) is 0 Å². The summed E-state index contributed by atoms with van der Waals surface area (Å²) in [6.07, 6.45) is 7.30. The summed E-state index contributed by atoms with van der Waals surface area (Å²) in [7, 11) is 0. The van der Waals surface area contributed by atoms with Crippen molar-refractivity contribution in [2.45, 2.75) is 77.6 Å². The smallest absolute Gasteiger partial charge is 0.241 e. The molecular formula is C27H32F2N6O. The molecule has 2 fully saturated rings. The van der Waals surface area contributed by atoms with E-state index in [0.717, 1.165) is 33.5 Å². The third kappa shape index (κ3) is 4.49. The number of hydrogen-bond donors (Lipinski definition) is 0. The van der Waals surface area contributed by atoms with Crippen LogP contribution in [0.4, 0.5) is 14.7 Å². The highest BCUT2D eigenvalue weighted by molar-refractivity contribution is 5.89. The molecule has 3 aliphatic rings. The molecule has 0 amide bonds. The molecule has 3 atom stereocenters. The van der Waals surface area contributed by atoms with Crippen molar-refractivity contribution in [3.05, 3.63) is 47.1 Å².